The Balaban J connectivity index is 1.98. The average Bonchev–Trinajstić information content (AvgIpc) is 2.62. The van der Waals surface area contributed by atoms with E-state index in [-0.39, 0.29) is 5.78 Å². The summed E-state index contributed by atoms with van der Waals surface area (Å²) in [5.41, 5.74) is 3.66. The van der Waals surface area contributed by atoms with Gasteiger partial charge in [0.1, 0.15) is 5.01 Å². The van der Waals surface area contributed by atoms with Gasteiger partial charge in [-0.3, -0.25) is 4.79 Å². The molecule has 1 atom stereocenters. The lowest BCUT2D eigenvalue weighted by atomic mass is 9.78. The largest absolute Gasteiger partial charge is 0.294 e. The van der Waals surface area contributed by atoms with E-state index in [0.29, 0.717) is 5.92 Å². The molecule has 1 heterocycles. The van der Waals surface area contributed by atoms with E-state index in [9.17, 15) is 4.79 Å². The van der Waals surface area contributed by atoms with Crippen molar-refractivity contribution in [3.8, 4) is 0 Å². The highest BCUT2D eigenvalue weighted by Crippen LogP contribution is 2.41. The summed E-state index contributed by atoms with van der Waals surface area (Å²) in [7, 11) is 0. The van der Waals surface area contributed by atoms with Crippen LogP contribution in [0.15, 0.2) is 24.3 Å². The van der Waals surface area contributed by atoms with Gasteiger partial charge < -0.3 is 0 Å². The highest BCUT2D eigenvalue weighted by molar-refractivity contribution is 7.14. The number of hydrogen-bond acceptors (Lipinski definition) is 3. The first kappa shape index (κ1) is 10.7. The number of ketones is 1. The van der Waals surface area contributed by atoms with E-state index in [1.165, 1.54) is 11.1 Å². The van der Waals surface area contributed by atoms with Crippen LogP contribution < -0.4 is 0 Å². The molecule has 2 nitrogen and oxygen atoms in total. The molecule has 1 aliphatic rings. The Morgan fingerprint density at radius 2 is 2.18 bits per heavy atom. The van der Waals surface area contributed by atoms with Crippen LogP contribution in [-0.2, 0) is 6.42 Å². The zero-order chi connectivity index (χ0) is 12.0. The second-order valence-electron chi connectivity index (χ2n) is 4.48. The molecule has 0 bridgehead atoms. The first-order valence-corrected chi connectivity index (χ1v) is 6.54. The zero-order valence-corrected chi connectivity index (χ0v) is 10.7. The molecule has 0 amide bonds. The molecule has 0 spiro atoms. The van der Waals surface area contributed by atoms with Gasteiger partial charge in [0.2, 0.25) is 0 Å². The Morgan fingerprint density at radius 3 is 2.82 bits per heavy atom. The third kappa shape index (κ3) is 1.62. The lowest BCUT2D eigenvalue weighted by molar-refractivity contribution is 0.102. The van der Waals surface area contributed by atoms with Crippen molar-refractivity contribution in [1.29, 1.82) is 0 Å². The maximum Gasteiger partial charge on any atom is 0.171 e. The average molecular weight is 243 g/mol. The number of carbonyl (C=O) groups excluding carboxylic acids is 1. The highest BCUT2D eigenvalue weighted by atomic mass is 32.1. The van der Waals surface area contributed by atoms with Gasteiger partial charge in [0.05, 0.1) is 10.6 Å². The lowest BCUT2D eigenvalue weighted by Crippen LogP contribution is -2.17. The lowest BCUT2D eigenvalue weighted by Gasteiger charge is -2.28. The van der Waals surface area contributed by atoms with Gasteiger partial charge in [0.25, 0.3) is 0 Å². The summed E-state index contributed by atoms with van der Waals surface area (Å²) in [4.78, 5) is 16.8. The molecule has 2 aromatic rings. The molecule has 17 heavy (non-hydrogen) atoms. The van der Waals surface area contributed by atoms with Crippen LogP contribution in [0.25, 0.3) is 0 Å². The van der Waals surface area contributed by atoms with Gasteiger partial charge in [-0.1, -0.05) is 24.3 Å². The van der Waals surface area contributed by atoms with Crippen LogP contribution in [0.3, 0.4) is 0 Å². The van der Waals surface area contributed by atoms with E-state index >= 15 is 0 Å². The predicted molar refractivity (Wildman–Crippen MR) is 68.8 cm³/mol. The normalized spacial score (nSPS) is 17.4. The van der Waals surface area contributed by atoms with Crippen LogP contribution in [0, 0.1) is 6.92 Å². The Labute approximate surface area is 104 Å². The Morgan fingerprint density at radius 1 is 1.41 bits per heavy atom. The van der Waals surface area contributed by atoms with Crippen LogP contribution in [-0.4, -0.2) is 10.8 Å². The number of fused-ring (bicyclic) bond motifs is 1. The van der Waals surface area contributed by atoms with E-state index in [4.69, 9.17) is 0 Å². The molecule has 0 saturated carbocycles. The summed E-state index contributed by atoms with van der Waals surface area (Å²) >= 11 is 1.55. The van der Waals surface area contributed by atoms with Gasteiger partial charge in [0, 0.05) is 12.8 Å². The van der Waals surface area contributed by atoms with Crippen LogP contribution in [0.5, 0.6) is 0 Å². The topological polar surface area (TPSA) is 30.0 Å². The van der Waals surface area contributed by atoms with E-state index < -0.39 is 0 Å². The van der Waals surface area contributed by atoms with Crippen molar-refractivity contribution in [2.24, 2.45) is 0 Å². The Kier molecular flexibility index (Phi) is 2.37. The number of aryl methyl sites for hydroxylation is 1. The summed E-state index contributed by atoms with van der Waals surface area (Å²) in [6, 6.07) is 8.46. The van der Waals surface area contributed by atoms with Crippen LogP contribution >= 0.6 is 11.3 Å². The molecule has 0 aliphatic heterocycles. The van der Waals surface area contributed by atoms with Gasteiger partial charge in [-0.05, 0) is 24.5 Å². The molecular formula is C14H13NOS. The van der Waals surface area contributed by atoms with Gasteiger partial charge in [-0.15, -0.1) is 11.3 Å². The summed E-state index contributed by atoms with van der Waals surface area (Å²) < 4.78 is 0. The number of aromatic nitrogens is 1. The van der Waals surface area contributed by atoms with Gasteiger partial charge in [-0.2, -0.15) is 0 Å². The number of thiazole rings is 1. The molecular weight excluding hydrogens is 230 g/mol. The van der Waals surface area contributed by atoms with Gasteiger partial charge >= 0.3 is 0 Å². The third-order valence-electron chi connectivity index (χ3n) is 3.29. The minimum Gasteiger partial charge on any atom is -0.294 e. The van der Waals surface area contributed by atoms with Crippen LogP contribution in [0.4, 0.5) is 0 Å². The smallest absolute Gasteiger partial charge is 0.171 e. The van der Waals surface area contributed by atoms with Crippen molar-refractivity contribution in [3.05, 3.63) is 51.0 Å². The molecule has 86 valence electrons. The fourth-order valence-corrected chi connectivity index (χ4v) is 3.45. The number of carbonyl (C=O) groups is 1. The number of Topliss-reactive ketones (excluding diaryl/α,β-unsaturated/α-hetero) is 1. The summed E-state index contributed by atoms with van der Waals surface area (Å²) in [5.74, 6) is 0.529. The fourth-order valence-electron chi connectivity index (χ4n) is 2.37. The maximum absolute atomic E-state index is 11.4. The molecule has 0 N–H and O–H groups in total. The molecule has 1 aliphatic carbocycles. The van der Waals surface area contributed by atoms with Crippen LogP contribution in [0.2, 0.25) is 0 Å². The van der Waals surface area contributed by atoms with E-state index in [2.05, 4.69) is 29.2 Å². The number of hydrogen-bond donors (Lipinski definition) is 0. The molecule has 3 heteroatoms. The molecule has 0 radical (unpaired) electrons. The number of nitrogens with zero attached hydrogens (tertiary/aromatic N) is 1. The highest BCUT2D eigenvalue weighted by Gasteiger charge is 2.30. The Hall–Kier alpha value is -1.48. The third-order valence-corrected chi connectivity index (χ3v) is 4.66. The summed E-state index contributed by atoms with van der Waals surface area (Å²) in [6.07, 6.45) is 1.06. The molecule has 3 rings (SSSR count). The second-order valence-corrected chi connectivity index (χ2v) is 5.51. The van der Waals surface area contributed by atoms with E-state index in [0.717, 1.165) is 22.0 Å². The molecule has 1 aromatic heterocycles. The van der Waals surface area contributed by atoms with Crippen molar-refractivity contribution in [2.45, 2.75) is 26.2 Å². The van der Waals surface area contributed by atoms with E-state index in [1.807, 2.05) is 6.92 Å². The van der Waals surface area contributed by atoms with Crippen molar-refractivity contribution in [1.82, 2.24) is 4.98 Å². The number of rotatable bonds is 2. The fraction of sp³-hybridized carbons (Fsp3) is 0.286. The second kappa shape index (κ2) is 3.77. The van der Waals surface area contributed by atoms with Crippen molar-refractivity contribution in [3.63, 3.8) is 0 Å². The minimum absolute atomic E-state index is 0.124. The Bertz CT molecular complexity index is 600. The summed E-state index contributed by atoms with van der Waals surface area (Å²) in [6.45, 7) is 3.53. The van der Waals surface area contributed by atoms with E-state index in [1.54, 1.807) is 18.3 Å². The van der Waals surface area contributed by atoms with Crippen molar-refractivity contribution in [2.75, 3.05) is 0 Å². The van der Waals surface area contributed by atoms with Crippen molar-refractivity contribution >= 4 is 17.1 Å². The summed E-state index contributed by atoms with van der Waals surface area (Å²) in [5, 5.41) is 1.09. The van der Waals surface area contributed by atoms with Crippen LogP contribution in [0.1, 0.15) is 44.3 Å². The van der Waals surface area contributed by atoms with Gasteiger partial charge in [-0.25, -0.2) is 4.98 Å². The monoisotopic (exact) mass is 243 g/mol. The van der Waals surface area contributed by atoms with Gasteiger partial charge in [0.15, 0.2) is 5.78 Å². The predicted octanol–water partition coefficient (Wildman–Crippen LogP) is 3.34. The minimum atomic E-state index is 0.124. The quantitative estimate of drug-likeness (QED) is 0.757. The SMILES string of the molecule is CC(=O)c1sc(C2Cc3ccccc32)nc1C. The zero-order valence-electron chi connectivity index (χ0n) is 9.86. The number of benzene rings is 1. The molecule has 0 fully saturated rings. The first-order chi connectivity index (χ1) is 8.16. The molecule has 1 aromatic carbocycles. The van der Waals surface area contributed by atoms with Crippen molar-refractivity contribution < 1.29 is 4.79 Å². The maximum atomic E-state index is 11.4. The standard InChI is InChI=1S/C14H13NOS/c1-8-13(9(2)16)17-14(15-8)12-7-10-5-3-4-6-11(10)12/h3-6,12H,7H2,1-2H3. The first-order valence-electron chi connectivity index (χ1n) is 5.73. The molecule has 0 saturated heterocycles. The molecule has 1 unspecified atom stereocenters.